The predicted molar refractivity (Wildman–Crippen MR) is 72.0 cm³/mol. The minimum Gasteiger partial charge on any atom is -0.478 e. The maximum Gasteiger partial charge on any atom is 0.328 e. The van der Waals surface area contributed by atoms with Gasteiger partial charge in [0.15, 0.2) is 0 Å². The fourth-order valence-electron chi connectivity index (χ4n) is 1.75. The number of carbonyl (C=O) groups is 1. The standard InChI is InChI=1S/C14H15N3O2/c18-14(19)7-3-8-15-11-12-5-1-2-6-13(12)17-10-4-9-16-17/h1-7,9-10,15H,8,11H2,(H,18,19)/b7-3+. The van der Waals surface area contributed by atoms with Crippen LogP contribution in [0.1, 0.15) is 5.56 Å². The number of nitrogens with zero attached hydrogens (tertiary/aromatic N) is 2. The number of benzene rings is 1. The Labute approximate surface area is 111 Å². The van der Waals surface area contributed by atoms with E-state index in [1.165, 1.54) is 0 Å². The molecule has 0 aliphatic carbocycles. The highest BCUT2D eigenvalue weighted by Gasteiger charge is 2.02. The number of carboxylic acid groups (broad SMARTS) is 1. The molecule has 0 spiro atoms. The van der Waals surface area contributed by atoms with E-state index in [2.05, 4.69) is 10.4 Å². The molecule has 0 amide bonds. The first kappa shape index (κ1) is 13.0. The van der Waals surface area contributed by atoms with Gasteiger partial charge in [-0.25, -0.2) is 9.48 Å². The topological polar surface area (TPSA) is 67.2 Å². The minimum atomic E-state index is -0.932. The maximum absolute atomic E-state index is 10.3. The molecule has 0 saturated carbocycles. The van der Waals surface area contributed by atoms with Gasteiger partial charge in [-0.3, -0.25) is 0 Å². The van der Waals surface area contributed by atoms with Crippen LogP contribution < -0.4 is 5.32 Å². The lowest BCUT2D eigenvalue weighted by atomic mass is 10.2. The lowest BCUT2D eigenvalue weighted by Crippen LogP contribution is -2.15. The van der Waals surface area contributed by atoms with Gasteiger partial charge in [0, 0.05) is 31.6 Å². The van der Waals surface area contributed by atoms with Crippen molar-refractivity contribution < 1.29 is 9.90 Å². The number of hydrogen-bond donors (Lipinski definition) is 2. The minimum absolute atomic E-state index is 0.514. The van der Waals surface area contributed by atoms with Crippen LogP contribution in [0.4, 0.5) is 0 Å². The molecule has 0 saturated heterocycles. The number of rotatable bonds is 6. The van der Waals surface area contributed by atoms with Gasteiger partial charge in [-0.05, 0) is 17.7 Å². The monoisotopic (exact) mass is 257 g/mol. The van der Waals surface area contributed by atoms with Crippen LogP contribution in [0.15, 0.2) is 54.9 Å². The smallest absolute Gasteiger partial charge is 0.328 e. The van der Waals surface area contributed by atoms with Crippen molar-refractivity contribution in [3.8, 4) is 5.69 Å². The number of nitrogens with one attached hydrogen (secondary N) is 1. The van der Waals surface area contributed by atoms with E-state index in [1.807, 2.05) is 41.2 Å². The molecule has 1 aromatic carbocycles. The van der Waals surface area contributed by atoms with Gasteiger partial charge in [-0.1, -0.05) is 24.3 Å². The summed E-state index contributed by atoms with van der Waals surface area (Å²) in [6.07, 6.45) is 6.34. The maximum atomic E-state index is 10.3. The average molecular weight is 257 g/mol. The summed E-state index contributed by atoms with van der Waals surface area (Å²) in [5.74, 6) is -0.932. The fraction of sp³-hybridized carbons (Fsp3) is 0.143. The third-order valence-corrected chi connectivity index (χ3v) is 2.58. The summed E-state index contributed by atoms with van der Waals surface area (Å²) in [5, 5.41) is 15.9. The Balaban J connectivity index is 1.99. The number of para-hydroxylation sites is 1. The van der Waals surface area contributed by atoms with E-state index in [0.29, 0.717) is 13.1 Å². The van der Waals surface area contributed by atoms with Crippen molar-refractivity contribution in [3.63, 3.8) is 0 Å². The third kappa shape index (κ3) is 3.79. The zero-order chi connectivity index (χ0) is 13.5. The summed E-state index contributed by atoms with van der Waals surface area (Å²) in [6.45, 7) is 1.17. The summed E-state index contributed by atoms with van der Waals surface area (Å²) < 4.78 is 1.81. The second kappa shape index (κ2) is 6.51. The number of carboxylic acids is 1. The first-order chi connectivity index (χ1) is 9.27. The largest absolute Gasteiger partial charge is 0.478 e. The van der Waals surface area contributed by atoms with Gasteiger partial charge in [0.25, 0.3) is 0 Å². The molecular formula is C14H15N3O2. The Morgan fingerprint density at radius 1 is 1.37 bits per heavy atom. The molecule has 2 aromatic rings. The van der Waals surface area contributed by atoms with Gasteiger partial charge in [0.05, 0.1) is 5.69 Å². The highest BCUT2D eigenvalue weighted by molar-refractivity contribution is 5.79. The normalized spacial score (nSPS) is 10.9. The predicted octanol–water partition coefficient (Wildman–Crippen LogP) is 1.60. The van der Waals surface area contributed by atoms with E-state index in [9.17, 15) is 4.79 Å². The van der Waals surface area contributed by atoms with E-state index in [0.717, 1.165) is 17.3 Å². The SMILES string of the molecule is O=C(O)/C=C/CNCc1ccccc1-n1cccn1. The van der Waals surface area contributed by atoms with Crippen molar-refractivity contribution >= 4 is 5.97 Å². The molecule has 0 radical (unpaired) electrons. The summed E-state index contributed by atoms with van der Waals surface area (Å²) >= 11 is 0. The van der Waals surface area contributed by atoms with Crippen molar-refractivity contribution in [1.82, 2.24) is 15.1 Å². The van der Waals surface area contributed by atoms with E-state index < -0.39 is 5.97 Å². The van der Waals surface area contributed by atoms with Gasteiger partial charge in [0.1, 0.15) is 0 Å². The zero-order valence-electron chi connectivity index (χ0n) is 10.4. The molecule has 98 valence electrons. The lowest BCUT2D eigenvalue weighted by Gasteiger charge is -2.09. The van der Waals surface area contributed by atoms with Crippen LogP contribution in [-0.4, -0.2) is 27.4 Å². The van der Waals surface area contributed by atoms with Crippen LogP contribution in [0.2, 0.25) is 0 Å². The Hall–Kier alpha value is -2.40. The van der Waals surface area contributed by atoms with E-state index in [-0.39, 0.29) is 0 Å². The molecule has 0 aliphatic heterocycles. The first-order valence-electron chi connectivity index (χ1n) is 5.95. The first-order valence-corrected chi connectivity index (χ1v) is 5.95. The van der Waals surface area contributed by atoms with Crippen molar-refractivity contribution in [2.45, 2.75) is 6.54 Å². The fourth-order valence-corrected chi connectivity index (χ4v) is 1.75. The van der Waals surface area contributed by atoms with Gasteiger partial charge < -0.3 is 10.4 Å². The molecule has 0 unspecified atom stereocenters. The van der Waals surface area contributed by atoms with Crippen LogP contribution in [0.3, 0.4) is 0 Å². The van der Waals surface area contributed by atoms with Gasteiger partial charge in [-0.15, -0.1) is 0 Å². The van der Waals surface area contributed by atoms with Crippen molar-refractivity contribution in [2.75, 3.05) is 6.54 Å². The van der Waals surface area contributed by atoms with Crippen LogP contribution in [0.5, 0.6) is 0 Å². The summed E-state index contributed by atoms with van der Waals surface area (Å²) in [4.78, 5) is 10.3. The number of aliphatic carboxylic acids is 1. The highest BCUT2D eigenvalue weighted by atomic mass is 16.4. The van der Waals surface area contributed by atoms with Gasteiger partial charge >= 0.3 is 5.97 Å². The Bertz CT molecular complexity index is 562. The lowest BCUT2D eigenvalue weighted by molar-refractivity contribution is -0.131. The summed E-state index contributed by atoms with van der Waals surface area (Å²) in [5.41, 5.74) is 2.12. The molecular weight excluding hydrogens is 242 g/mol. The average Bonchev–Trinajstić information content (AvgIpc) is 2.92. The molecule has 19 heavy (non-hydrogen) atoms. The van der Waals surface area contributed by atoms with Crippen molar-refractivity contribution in [3.05, 3.63) is 60.4 Å². The molecule has 0 fully saturated rings. The molecule has 0 bridgehead atoms. The van der Waals surface area contributed by atoms with E-state index in [1.54, 1.807) is 12.3 Å². The van der Waals surface area contributed by atoms with Gasteiger partial charge in [0.2, 0.25) is 0 Å². The summed E-state index contributed by atoms with van der Waals surface area (Å²) in [7, 11) is 0. The Morgan fingerprint density at radius 2 is 2.21 bits per heavy atom. The Kier molecular flexibility index (Phi) is 4.47. The second-order valence-corrected chi connectivity index (χ2v) is 3.95. The number of aromatic nitrogens is 2. The molecule has 2 rings (SSSR count). The molecule has 5 nitrogen and oxygen atoms in total. The van der Waals surface area contributed by atoms with Crippen molar-refractivity contribution in [2.24, 2.45) is 0 Å². The van der Waals surface area contributed by atoms with Crippen LogP contribution >= 0.6 is 0 Å². The van der Waals surface area contributed by atoms with E-state index >= 15 is 0 Å². The Morgan fingerprint density at radius 3 is 2.95 bits per heavy atom. The number of hydrogen-bond acceptors (Lipinski definition) is 3. The van der Waals surface area contributed by atoms with Crippen LogP contribution in [0.25, 0.3) is 5.69 Å². The molecule has 0 aliphatic rings. The molecule has 1 aromatic heterocycles. The quantitative estimate of drug-likeness (QED) is 0.609. The zero-order valence-corrected chi connectivity index (χ0v) is 10.4. The molecule has 2 N–H and O–H groups in total. The third-order valence-electron chi connectivity index (χ3n) is 2.58. The second-order valence-electron chi connectivity index (χ2n) is 3.95. The molecule has 0 atom stereocenters. The van der Waals surface area contributed by atoms with Crippen LogP contribution in [0, 0.1) is 0 Å². The van der Waals surface area contributed by atoms with Crippen molar-refractivity contribution in [1.29, 1.82) is 0 Å². The van der Waals surface area contributed by atoms with Gasteiger partial charge in [-0.2, -0.15) is 5.10 Å². The summed E-state index contributed by atoms with van der Waals surface area (Å²) in [6, 6.07) is 9.82. The molecule has 5 heteroatoms. The molecule has 1 heterocycles. The highest BCUT2D eigenvalue weighted by Crippen LogP contribution is 2.12. The van der Waals surface area contributed by atoms with E-state index in [4.69, 9.17) is 5.11 Å². The van der Waals surface area contributed by atoms with Crippen LogP contribution in [-0.2, 0) is 11.3 Å².